The smallest absolute Gasteiger partial charge is 0.168 e. The van der Waals surface area contributed by atoms with Gasteiger partial charge in [0.15, 0.2) is 23.3 Å². The third-order valence-electron chi connectivity index (χ3n) is 4.17. The van der Waals surface area contributed by atoms with Crippen LogP contribution in [0, 0.1) is 23.0 Å². The number of hydrogen-bond donors (Lipinski definition) is 1. The number of halogens is 2. The van der Waals surface area contributed by atoms with Gasteiger partial charge >= 0.3 is 0 Å². The van der Waals surface area contributed by atoms with Crippen LogP contribution in [0.4, 0.5) is 20.4 Å². The van der Waals surface area contributed by atoms with E-state index in [2.05, 4.69) is 31.1 Å². The summed E-state index contributed by atoms with van der Waals surface area (Å²) in [5.41, 5.74) is 0.275. The maximum absolute atomic E-state index is 13.9. The largest absolute Gasteiger partial charge is 0.371 e. The number of rotatable bonds is 2. The van der Waals surface area contributed by atoms with Crippen molar-refractivity contribution in [2.75, 3.05) is 30.4 Å². The lowest BCUT2D eigenvalue weighted by Gasteiger charge is -2.39. The number of nitrogens with zero attached hydrogens (tertiary/aromatic N) is 2. The van der Waals surface area contributed by atoms with Gasteiger partial charge < -0.3 is 10.2 Å². The number of aromatic nitrogens is 1. The average Bonchev–Trinajstić information content (AvgIpc) is 2.38. The molecule has 3 nitrogen and oxygen atoms in total. The highest BCUT2D eigenvalue weighted by molar-refractivity contribution is 5.49. The zero-order valence-electron chi connectivity index (χ0n) is 12.6. The summed E-state index contributed by atoms with van der Waals surface area (Å²) in [5, 5.41) is 2.66. The highest BCUT2D eigenvalue weighted by atomic mass is 19.1. The fourth-order valence-corrected chi connectivity index (χ4v) is 2.81. The van der Waals surface area contributed by atoms with E-state index in [1.807, 2.05) is 4.90 Å². The lowest BCUT2D eigenvalue weighted by molar-refractivity contribution is 0.198. The van der Waals surface area contributed by atoms with Crippen LogP contribution in [0.5, 0.6) is 0 Å². The molecular formula is C15H23F2N3. The normalized spacial score (nSPS) is 17.4. The van der Waals surface area contributed by atoms with Crippen LogP contribution in [0.15, 0.2) is 6.07 Å². The summed E-state index contributed by atoms with van der Waals surface area (Å²) in [6.07, 6.45) is 2.02. The monoisotopic (exact) mass is 283 g/mol. The Morgan fingerprint density at radius 1 is 1.20 bits per heavy atom. The Hall–Kier alpha value is -1.39. The minimum Gasteiger partial charge on any atom is -0.371 e. The van der Waals surface area contributed by atoms with Gasteiger partial charge in [-0.1, -0.05) is 20.8 Å². The van der Waals surface area contributed by atoms with Gasteiger partial charge in [0.25, 0.3) is 0 Å². The van der Waals surface area contributed by atoms with Crippen molar-refractivity contribution in [2.24, 2.45) is 11.3 Å². The molecule has 112 valence electrons. The SMILES string of the molecule is CNc1nc(N2CCC(C(C)(C)C)CC2)c(F)cc1F. The van der Waals surface area contributed by atoms with Crippen LogP contribution in [0.2, 0.25) is 0 Å². The third-order valence-corrected chi connectivity index (χ3v) is 4.17. The Kier molecular flexibility index (Phi) is 4.16. The lowest BCUT2D eigenvalue weighted by atomic mass is 9.75. The van der Waals surface area contributed by atoms with E-state index < -0.39 is 11.6 Å². The summed E-state index contributed by atoms with van der Waals surface area (Å²) >= 11 is 0. The van der Waals surface area contributed by atoms with Crippen molar-refractivity contribution in [3.05, 3.63) is 17.7 Å². The first-order valence-corrected chi connectivity index (χ1v) is 7.11. The Labute approximate surface area is 119 Å². The van der Waals surface area contributed by atoms with Gasteiger partial charge in [-0.15, -0.1) is 0 Å². The predicted octanol–water partition coefficient (Wildman–Crippen LogP) is 3.66. The summed E-state index contributed by atoms with van der Waals surface area (Å²) in [5.74, 6) is -0.262. The van der Waals surface area contributed by atoms with Gasteiger partial charge in [-0.2, -0.15) is 0 Å². The Balaban J connectivity index is 2.15. The fourth-order valence-electron chi connectivity index (χ4n) is 2.81. The second-order valence-electron chi connectivity index (χ2n) is 6.50. The molecule has 0 atom stereocenters. The van der Waals surface area contributed by atoms with E-state index in [-0.39, 0.29) is 17.1 Å². The van der Waals surface area contributed by atoms with Crippen LogP contribution < -0.4 is 10.2 Å². The molecule has 1 fully saturated rings. The quantitative estimate of drug-likeness (QED) is 0.897. The highest BCUT2D eigenvalue weighted by Gasteiger charge is 2.30. The molecule has 0 aromatic carbocycles. The first-order valence-electron chi connectivity index (χ1n) is 7.11. The van der Waals surface area contributed by atoms with Crippen molar-refractivity contribution < 1.29 is 8.78 Å². The van der Waals surface area contributed by atoms with Gasteiger partial charge in [0.1, 0.15) is 0 Å². The first kappa shape index (κ1) is 15.0. The molecule has 1 aliphatic rings. The molecule has 0 bridgehead atoms. The molecule has 0 spiro atoms. The van der Waals surface area contributed by atoms with E-state index in [4.69, 9.17) is 0 Å². The van der Waals surface area contributed by atoms with E-state index >= 15 is 0 Å². The summed E-state index contributed by atoms with van der Waals surface area (Å²) in [6, 6.07) is 0.907. The summed E-state index contributed by atoms with van der Waals surface area (Å²) in [7, 11) is 1.58. The average molecular weight is 283 g/mol. The van der Waals surface area contributed by atoms with Gasteiger partial charge in [-0.3, -0.25) is 0 Å². The van der Waals surface area contributed by atoms with Crippen molar-refractivity contribution in [1.29, 1.82) is 0 Å². The summed E-state index contributed by atoms with van der Waals surface area (Å²) in [6.45, 7) is 8.25. The lowest BCUT2D eigenvalue weighted by Crippen LogP contribution is -2.39. The van der Waals surface area contributed by atoms with E-state index in [0.29, 0.717) is 5.92 Å². The first-order chi connectivity index (χ1) is 9.32. The molecule has 0 unspecified atom stereocenters. The van der Waals surface area contributed by atoms with Gasteiger partial charge in [-0.05, 0) is 24.2 Å². The number of hydrogen-bond acceptors (Lipinski definition) is 3. The zero-order valence-corrected chi connectivity index (χ0v) is 12.6. The molecule has 2 rings (SSSR count). The van der Waals surface area contributed by atoms with Crippen molar-refractivity contribution in [2.45, 2.75) is 33.6 Å². The fraction of sp³-hybridized carbons (Fsp3) is 0.667. The topological polar surface area (TPSA) is 28.2 Å². The molecule has 1 N–H and O–H groups in total. The molecule has 5 heteroatoms. The van der Waals surface area contributed by atoms with Crippen LogP contribution in [-0.4, -0.2) is 25.1 Å². The van der Waals surface area contributed by atoms with Crippen LogP contribution in [0.3, 0.4) is 0 Å². The number of anilines is 2. The van der Waals surface area contributed by atoms with E-state index in [0.717, 1.165) is 32.0 Å². The molecule has 1 saturated heterocycles. The minimum atomic E-state index is -0.654. The van der Waals surface area contributed by atoms with Crippen molar-refractivity contribution >= 4 is 11.6 Å². The summed E-state index contributed by atoms with van der Waals surface area (Å²) < 4.78 is 27.3. The van der Waals surface area contributed by atoms with E-state index in [1.54, 1.807) is 7.05 Å². The number of nitrogens with one attached hydrogen (secondary N) is 1. The molecule has 1 aliphatic heterocycles. The van der Waals surface area contributed by atoms with Crippen LogP contribution in [0.25, 0.3) is 0 Å². The minimum absolute atomic E-state index is 0.0966. The standard InChI is InChI=1S/C15H23F2N3/c1-15(2,3)10-5-7-20(8-6-10)14-12(17)9-11(16)13(18-4)19-14/h9-10H,5-8H2,1-4H3,(H,18,19). The van der Waals surface area contributed by atoms with Gasteiger partial charge in [0.05, 0.1) is 0 Å². The molecule has 1 aromatic rings. The molecule has 0 saturated carbocycles. The molecule has 0 radical (unpaired) electrons. The maximum Gasteiger partial charge on any atom is 0.168 e. The van der Waals surface area contributed by atoms with Gasteiger partial charge in [0.2, 0.25) is 0 Å². The maximum atomic E-state index is 13.9. The predicted molar refractivity (Wildman–Crippen MR) is 78.1 cm³/mol. The number of piperidine rings is 1. The summed E-state index contributed by atoms with van der Waals surface area (Å²) in [4.78, 5) is 5.98. The molecule has 2 heterocycles. The molecule has 0 amide bonds. The second kappa shape index (κ2) is 5.54. The Morgan fingerprint density at radius 2 is 1.80 bits per heavy atom. The van der Waals surface area contributed by atoms with Gasteiger partial charge in [0, 0.05) is 26.2 Å². The Morgan fingerprint density at radius 3 is 2.30 bits per heavy atom. The van der Waals surface area contributed by atoms with E-state index in [9.17, 15) is 8.78 Å². The van der Waals surface area contributed by atoms with Crippen molar-refractivity contribution in [3.63, 3.8) is 0 Å². The van der Waals surface area contributed by atoms with Gasteiger partial charge in [-0.25, -0.2) is 13.8 Å². The van der Waals surface area contributed by atoms with Crippen molar-refractivity contribution in [1.82, 2.24) is 4.98 Å². The van der Waals surface area contributed by atoms with E-state index in [1.165, 1.54) is 0 Å². The highest BCUT2D eigenvalue weighted by Crippen LogP contribution is 2.36. The molecule has 20 heavy (non-hydrogen) atoms. The molecule has 0 aliphatic carbocycles. The van der Waals surface area contributed by atoms with Crippen LogP contribution >= 0.6 is 0 Å². The van der Waals surface area contributed by atoms with Crippen molar-refractivity contribution in [3.8, 4) is 0 Å². The zero-order chi connectivity index (χ0) is 14.9. The second-order valence-corrected chi connectivity index (χ2v) is 6.50. The third kappa shape index (κ3) is 3.02. The number of pyridine rings is 1. The molecular weight excluding hydrogens is 260 g/mol. The van der Waals surface area contributed by atoms with Crippen LogP contribution in [0.1, 0.15) is 33.6 Å². The Bertz CT molecular complexity index is 475. The molecule has 1 aromatic heterocycles. The van der Waals surface area contributed by atoms with Crippen LogP contribution in [-0.2, 0) is 0 Å².